The van der Waals surface area contributed by atoms with Crippen LogP contribution in [0.25, 0.3) is 0 Å². The summed E-state index contributed by atoms with van der Waals surface area (Å²) in [6.07, 6.45) is 6.24. The topological polar surface area (TPSA) is 72.7 Å². The minimum atomic E-state index is -1.42. The van der Waals surface area contributed by atoms with Crippen molar-refractivity contribution in [3.8, 4) is 0 Å². The number of aromatic nitrogens is 2. The second-order valence-corrected chi connectivity index (χ2v) is 9.40. The van der Waals surface area contributed by atoms with E-state index in [1.165, 1.54) is 32.1 Å². The minimum Gasteiger partial charge on any atom is -0.423 e. The smallest absolute Gasteiger partial charge is 0.423 e. The van der Waals surface area contributed by atoms with Crippen LogP contribution in [0.5, 0.6) is 0 Å². The van der Waals surface area contributed by atoms with Crippen molar-refractivity contribution >= 4 is 40.1 Å². The van der Waals surface area contributed by atoms with Crippen molar-refractivity contribution in [3.63, 3.8) is 0 Å². The third kappa shape index (κ3) is 4.59. The molecular formula is C21H28BBrN4O2. The number of anilines is 2. The second-order valence-electron chi connectivity index (χ2n) is 8.48. The summed E-state index contributed by atoms with van der Waals surface area (Å²) in [4.78, 5) is 13.3. The van der Waals surface area contributed by atoms with Crippen LogP contribution in [-0.2, 0) is 0 Å². The molecule has 4 atom stereocenters. The summed E-state index contributed by atoms with van der Waals surface area (Å²) < 4.78 is 1.06. The highest BCUT2D eigenvalue weighted by Crippen LogP contribution is 2.46. The van der Waals surface area contributed by atoms with Crippen molar-refractivity contribution in [3.05, 3.63) is 41.1 Å². The summed E-state index contributed by atoms with van der Waals surface area (Å²) in [7, 11) is -1.42. The van der Waals surface area contributed by atoms with Gasteiger partial charge in [-0.2, -0.15) is 0 Å². The Labute approximate surface area is 181 Å². The van der Waals surface area contributed by atoms with Gasteiger partial charge in [0.15, 0.2) is 0 Å². The summed E-state index contributed by atoms with van der Waals surface area (Å²) in [5, 5.41) is 17.9. The van der Waals surface area contributed by atoms with Crippen molar-refractivity contribution in [2.24, 2.45) is 23.7 Å². The number of pyridine rings is 2. The maximum Gasteiger partial charge on any atom is 0.490 e. The molecule has 2 aliphatic heterocycles. The van der Waals surface area contributed by atoms with Crippen molar-refractivity contribution < 1.29 is 10.0 Å². The minimum absolute atomic E-state index is 0. The molecule has 6 nitrogen and oxygen atoms in total. The van der Waals surface area contributed by atoms with E-state index in [1.54, 1.807) is 6.07 Å². The summed E-state index contributed by atoms with van der Waals surface area (Å²) in [6, 6.07) is 7.73. The Morgan fingerprint density at radius 2 is 1.28 bits per heavy atom. The summed E-state index contributed by atoms with van der Waals surface area (Å²) in [5.41, 5.74) is 0.447. The van der Waals surface area contributed by atoms with Gasteiger partial charge in [-0.15, -0.1) is 0 Å². The third-order valence-electron chi connectivity index (χ3n) is 6.39. The number of nitrogens with zero attached hydrogens (tertiary/aromatic N) is 4. The highest BCUT2D eigenvalue weighted by molar-refractivity contribution is 9.10. The fraction of sp³-hybridized carbons (Fsp3) is 0.524. The van der Waals surface area contributed by atoms with Crippen molar-refractivity contribution in [2.75, 3.05) is 36.0 Å². The van der Waals surface area contributed by atoms with E-state index in [1.807, 2.05) is 12.3 Å². The molecule has 0 radical (unpaired) electrons. The van der Waals surface area contributed by atoms with E-state index >= 15 is 0 Å². The standard InChI is InChI=1S/C10H13BN2O2.C10H11BrN2.CH4/c14-11(15)9-1-2-10(12-4-9)13-5-7-3-8(7)6-13;11-9-1-2-10(12-4-9)13-5-7-3-8(7)6-13;/h1-2,4,7-8,14-15H,3,5-6H2;1-2,4,7-8H,3,5-6H2;1H4. The quantitative estimate of drug-likeness (QED) is 0.686. The predicted molar refractivity (Wildman–Crippen MR) is 120 cm³/mol. The molecule has 4 aliphatic rings. The van der Waals surface area contributed by atoms with Crippen LogP contribution < -0.4 is 15.3 Å². The lowest BCUT2D eigenvalue weighted by atomic mass is 9.82. The molecule has 0 amide bonds. The number of piperidine rings is 2. The van der Waals surface area contributed by atoms with Gasteiger partial charge in [-0.3, -0.25) is 0 Å². The number of halogens is 1. The van der Waals surface area contributed by atoms with Crippen molar-refractivity contribution in [1.29, 1.82) is 0 Å². The van der Waals surface area contributed by atoms with Gasteiger partial charge in [0.05, 0.1) is 0 Å². The highest BCUT2D eigenvalue weighted by atomic mass is 79.9. The van der Waals surface area contributed by atoms with Crippen LogP contribution in [-0.4, -0.2) is 53.3 Å². The van der Waals surface area contributed by atoms with E-state index in [4.69, 9.17) is 10.0 Å². The first-order chi connectivity index (χ1) is 13.6. The molecule has 2 aromatic heterocycles. The van der Waals surface area contributed by atoms with Crippen LogP contribution in [0, 0.1) is 23.7 Å². The van der Waals surface area contributed by atoms with E-state index in [2.05, 4.69) is 47.8 Å². The number of rotatable bonds is 3. The molecule has 4 fully saturated rings. The molecule has 2 aromatic rings. The van der Waals surface area contributed by atoms with Crippen LogP contribution in [0.2, 0.25) is 0 Å². The van der Waals surface area contributed by atoms with E-state index in [9.17, 15) is 0 Å². The SMILES string of the molecule is Brc1ccc(N2CC3CC3C2)nc1.C.OB(O)c1ccc(N2CC3CC3C2)nc1. The van der Waals surface area contributed by atoms with Gasteiger partial charge in [0.25, 0.3) is 0 Å². The van der Waals surface area contributed by atoms with E-state index in [0.717, 1.165) is 52.9 Å². The van der Waals surface area contributed by atoms with E-state index in [-0.39, 0.29) is 7.43 Å². The molecule has 4 heterocycles. The van der Waals surface area contributed by atoms with Crippen LogP contribution in [0.15, 0.2) is 41.1 Å². The van der Waals surface area contributed by atoms with Gasteiger partial charge in [0.1, 0.15) is 11.6 Å². The van der Waals surface area contributed by atoms with Gasteiger partial charge >= 0.3 is 7.12 Å². The van der Waals surface area contributed by atoms with Gasteiger partial charge in [0, 0.05) is 48.5 Å². The van der Waals surface area contributed by atoms with Gasteiger partial charge in [-0.1, -0.05) is 13.5 Å². The summed E-state index contributed by atoms with van der Waals surface area (Å²) in [5.74, 6) is 5.81. The zero-order valence-electron chi connectivity index (χ0n) is 15.7. The number of hydrogen-bond donors (Lipinski definition) is 2. The molecule has 0 aromatic carbocycles. The van der Waals surface area contributed by atoms with Gasteiger partial charge < -0.3 is 19.8 Å². The molecule has 2 saturated carbocycles. The molecule has 2 N–H and O–H groups in total. The Bertz CT molecular complexity index is 816. The van der Waals surface area contributed by atoms with Gasteiger partial charge in [0.2, 0.25) is 0 Å². The van der Waals surface area contributed by atoms with Gasteiger partial charge in [-0.25, -0.2) is 9.97 Å². The van der Waals surface area contributed by atoms with E-state index < -0.39 is 7.12 Å². The average Bonchev–Trinajstić information content (AvgIpc) is 3.55. The average molecular weight is 459 g/mol. The van der Waals surface area contributed by atoms with Crippen molar-refractivity contribution in [1.82, 2.24) is 9.97 Å². The molecule has 2 aliphatic carbocycles. The molecule has 29 heavy (non-hydrogen) atoms. The first kappa shape index (κ1) is 20.6. The number of fused-ring (bicyclic) bond motifs is 2. The maximum atomic E-state index is 8.93. The Hall–Kier alpha value is -1.64. The summed E-state index contributed by atoms with van der Waals surface area (Å²) >= 11 is 3.39. The Kier molecular flexibility index (Phi) is 5.86. The van der Waals surface area contributed by atoms with Crippen LogP contribution in [0.3, 0.4) is 0 Å². The molecule has 154 valence electrons. The first-order valence-corrected chi connectivity index (χ1v) is 10.8. The number of hydrogen-bond acceptors (Lipinski definition) is 6. The molecule has 0 bridgehead atoms. The summed E-state index contributed by atoms with van der Waals surface area (Å²) in [6.45, 7) is 4.66. The zero-order valence-corrected chi connectivity index (χ0v) is 17.2. The molecule has 4 unspecified atom stereocenters. The van der Waals surface area contributed by atoms with Crippen LogP contribution in [0.4, 0.5) is 11.6 Å². The maximum absolute atomic E-state index is 8.93. The normalized spacial score (nSPS) is 28.0. The fourth-order valence-electron chi connectivity index (χ4n) is 4.46. The zero-order chi connectivity index (χ0) is 19.3. The largest absolute Gasteiger partial charge is 0.490 e. The van der Waals surface area contributed by atoms with Crippen molar-refractivity contribution in [2.45, 2.75) is 20.3 Å². The molecule has 6 rings (SSSR count). The monoisotopic (exact) mass is 458 g/mol. The Morgan fingerprint density at radius 3 is 1.66 bits per heavy atom. The second kappa shape index (κ2) is 8.24. The first-order valence-electron chi connectivity index (χ1n) is 10.0. The van der Waals surface area contributed by atoms with E-state index in [0.29, 0.717) is 5.46 Å². The lowest BCUT2D eigenvalue weighted by Crippen LogP contribution is -2.31. The Balaban J connectivity index is 0.000000138. The highest BCUT2D eigenvalue weighted by Gasteiger charge is 2.46. The molecule has 0 spiro atoms. The van der Waals surface area contributed by atoms with Crippen LogP contribution >= 0.6 is 15.9 Å². The predicted octanol–water partition coefficient (Wildman–Crippen LogP) is 2.15. The third-order valence-corrected chi connectivity index (χ3v) is 6.86. The van der Waals surface area contributed by atoms with Crippen LogP contribution in [0.1, 0.15) is 20.3 Å². The molecule has 8 heteroatoms. The van der Waals surface area contributed by atoms with Gasteiger partial charge in [-0.05, 0) is 70.6 Å². The Morgan fingerprint density at radius 1 is 0.793 bits per heavy atom. The lowest BCUT2D eigenvalue weighted by Gasteiger charge is -2.18. The molecule has 2 saturated heterocycles. The molecular weight excluding hydrogens is 431 g/mol. The fourth-order valence-corrected chi connectivity index (χ4v) is 4.70. The lowest BCUT2D eigenvalue weighted by molar-refractivity contribution is 0.425.